The maximum absolute atomic E-state index is 2.25. The van der Waals surface area contributed by atoms with Crippen LogP contribution >= 0.6 is 0 Å². The fourth-order valence-corrected chi connectivity index (χ4v) is 2.27. The molecule has 50 valence electrons. The molecule has 0 saturated carbocycles. The van der Waals surface area contributed by atoms with Crippen molar-refractivity contribution in [3.8, 4) is 0 Å². The predicted molar refractivity (Wildman–Crippen MR) is 35.0 cm³/mol. The SMILES string of the molecule is CC(C)/C([CH]=[W])=C/[CH]=[W]. The Morgan fingerprint density at radius 3 is 2.00 bits per heavy atom. The topological polar surface area (TPSA) is 0 Å². The van der Waals surface area contributed by atoms with Gasteiger partial charge >= 0.3 is 78.9 Å². The van der Waals surface area contributed by atoms with E-state index in [1.807, 2.05) is 0 Å². The van der Waals surface area contributed by atoms with Crippen LogP contribution < -0.4 is 0 Å². The zero-order valence-electron chi connectivity index (χ0n) is 5.63. The van der Waals surface area contributed by atoms with Crippen molar-refractivity contribution in [1.82, 2.24) is 0 Å². The van der Waals surface area contributed by atoms with E-state index in [1.165, 1.54) is 24.9 Å². The Morgan fingerprint density at radius 2 is 1.89 bits per heavy atom. The van der Waals surface area contributed by atoms with Gasteiger partial charge in [-0.2, -0.15) is 0 Å². The van der Waals surface area contributed by atoms with Gasteiger partial charge in [-0.1, -0.05) is 0 Å². The first-order chi connectivity index (χ1) is 4.22. The molecule has 0 atom stereocenters. The van der Waals surface area contributed by atoms with Gasteiger partial charge in [0, 0.05) is 0 Å². The maximum atomic E-state index is 2.25. The zero-order valence-corrected chi connectivity index (χ0v) is 11.5. The Kier molecular flexibility index (Phi) is 6.16. The van der Waals surface area contributed by atoms with Gasteiger partial charge in [-0.15, -0.1) is 0 Å². The van der Waals surface area contributed by atoms with E-state index >= 15 is 0 Å². The second kappa shape index (κ2) is 5.63. The average molecular weight is 462 g/mol. The van der Waals surface area contributed by atoms with Crippen molar-refractivity contribution in [2.24, 2.45) is 5.92 Å². The summed E-state index contributed by atoms with van der Waals surface area (Å²) in [5.74, 6) is 0.693. The van der Waals surface area contributed by atoms with Crippen LogP contribution in [0.2, 0.25) is 0 Å². The Balaban J connectivity index is 4.13. The molecule has 9 heavy (non-hydrogen) atoms. The standard InChI is InChI=1S/C7H10.2W/c1-5-7(4)6(2)3;;/h1,4-6H,2-3H3;;/b7-5+;;. The number of rotatable bonds is 3. The van der Waals surface area contributed by atoms with Crippen molar-refractivity contribution in [3.63, 3.8) is 0 Å². The fraction of sp³-hybridized carbons (Fsp3) is 0.429. The third-order valence-corrected chi connectivity index (χ3v) is 2.53. The van der Waals surface area contributed by atoms with E-state index in [0.29, 0.717) is 5.92 Å². The van der Waals surface area contributed by atoms with Gasteiger partial charge in [0.2, 0.25) is 0 Å². The van der Waals surface area contributed by atoms with E-state index in [9.17, 15) is 0 Å². The van der Waals surface area contributed by atoms with Crippen molar-refractivity contribution >= 4 is 8.80 Å². The Bertz CT molecular complexity index is 134. The van der Waals surface area contributed by atoms with E-state index in [1.54, 1.807) is 19.4 Å². The van der Waals surface area contributed by atoms with Gasteiger partial charge in [0.05, 0.1) is 0 Å². The molecule has 0 fully saturated rings. The van der Waals surface area contributed by atoms with Crippen LogP contribution in [0.4, 0.5) is 0 Å². The molecule has 0 radical (unpaired) electrons. The van der Waals surface area contributed by atoms with Crippen LogP contribution in [0.25, 0.3) is 0 Å². The van der Waals surface area contributed by atoms with E-state index in [-0.39, 0.29) is 0 Å². The van der Waals surface area contributed by atoms with Crippen LogP contribution in [0, 0.1) is 5.92 Å². The summed E-state index contributed by atoms with van der Waals surface area (Å²) in [7, 11) is 0. The van der Waals surface area contributed by atoms with Gasteiger partial charge in [-0.05, 0) is 0 Å². The summed E-state index contributed by atoms with van der Waals surface area (Å²) < 4.78 is 4.43. The van der Waals surface area contributed by atoms with Gasteiger partial charge in [0.25, 0.3) is 0 Å². The normalized spacial score (nSPS) is 11.7. The monoisotopic (exact) mass is 462 g/mol. The molecule has 0 N–H and O–H groups in total. The number of allylic oxidation sites excluding steroid dienone is 2. The zero-order chi connectivity index (χ0) is 7.28. The Hall–Kier alpha value is 0.857. The van der Waals surface area contributed by atoms with Crippen LogP contribution in [0.5, 0.6) is 0 Å². The summed E-state index contributed by atoms with van der Waals surface area (Å²) in [5, 5.41) is 0. The van der Waals surface area contributed by atoms with Gasteiger partial charge in [-0.3, -0.25) is 0 Å². The predicted octanol–water partition coefficient (Wildman–Crippen LogP) is 1.27. The van der Waals surface area contributed by atoms with Crippen molar-refractivity contribution < 1.29 is 38.7 Å². The van der Waals surface area contributed by atoms with Crippen LogP contribution in [-0.2, 0) is 38.7 Å². The molecule has 0 bridgehead atoms. The van der Waals surface area contributed by atoms with E-state index in [2.05, 4.69) is 28.7 Å². The summed E-state index contributed by atoms with van der Waals surface area (Å²) in [6.07, 6.45) is 2.22. The molecule has 0 unspecified atom stereocenters. The fourth-order valence-electron chi connectivity index (χ4n) is 0.446. The molecule has 0 nitrogen and oxygen atoms in total. The molecule has 0 amide bonds. The van der Waals surface area contributed by atoms with Crippen molar-refractivity contribution in [1.29, 1.82) is 0 Å². The van der Waals surface area contributed by atoms with E-state index in [0.717, 1.165) is 0 Å². The minimum atomic E-state index is 0.693. The van der Waals surface area contributed by atoms with Crippen molar-refractivity contribution in [2.45, 2.75) is 13.8 Å². The van der Waals surface area contributed by atoms with Crippen LogP contribution in [0.3, 0.4) is 0 Å². The third kappa shape index (κ3) is 4.29. The summed E-state index contributed by atoms with van der Waals surface area (Å²) in [6.45, 7) is 4.45. The molecular weight excluding hydrogens is 452 g/mol. The average Bonchev–Trinajstić information content (AvgIpc) is 1.82. The van der Waals surface area contributed by atoms with Crippen LogP contribution in [-0.4, -0.2) is 8.80 Å². The molecule has 0 saturated heterocycles. The van der Waals surface area contributed by atoms with Crippen LogP contribution in [0.1, 0.15) is 13.8 Å². The molecule has 0 spiro atoms. The Morgan fingerprint density at radius 1 is 1.33 bits per heavy atom. The molecule has 2 heteroatoms. The van der Waals surface area contributed by atoms with Crippen molar-refractivity contribution in [3.05, 3.63) is 11.6 Å². The summed E-state index contributed by atoms with van der Waals surface area (Å²) >= 11 is 3.07. The summed E-state index contributed by atoms with van der Waals surface area (Å²) in [5.41, 5.74) is 1.47. The van der Waals surface area contributed by atoms with Gasteiger partial charge in [0.15, 0.2) is 0 Å². The second-order valence-electron chi connectivity index (χ2n) is 2.08. The quantitative estimate of drug-likeness (QED) is 0.594. The third-order valence-electron chi connectivity index (χ3n) is 1.06. The first kappa shape index (κ1) is 9.86. The molecule has 0 aliphatic heterocycles. The Labute approximate surface area is 78.5 Å². The molecule has 0 aromatic rings. The first-order valence-electron chi connectivity index (χ1n) is 2.83. The molecule has 0 aromatic carbocycles. The first-order valence-corrected chi connectivity index (χ1v) is 6.21. The van der Waals surface area contributed by atoms with Gasteiger partial charge < -0.3 is 0 Å². The molecule has 0 aromatic heterocycles. The van der Waals surface area contributed by atoms with Crippen LogP contribution in [0.15, 0.2) is 11.6 Å². The minimum absolute atomic E-state index is 0.693. The van der Waals surface area contributed by atoms with Gasteiger partial charge in [-0.25, -0.2) is 0 Å². The molecule has 0 aliphatic rings. The van der Waals surface area contributed by atoms with Crippen molar-refractivity contribution in [2.75, 3.05) is 0 Å². The summed E-state index contributed by atoms with van der Waals surface area (Å²) in [4.78, 5) is 0. The molecule has 0 heterocycles. The number of hydrogen-bond donors (Lipinski definition) is 0. The summed E-state index contributed by atoms with van der Waals surface area (Å²) in [6, 6.07) is 0. The second-order valence-corrected chi connectivity index (χ2v) is 3.90. The van der Waals surface area contributed by atoms with E-state index in [4.69, 9.17) is 0 Å². The van der Waals surface area contributed by atoms with Gasteiger partial charge in [0.1, 0.15) is 0 Å². The molecular formula is C7H10W2. The molecule has 0 aliphatic carbocycles. The van der Waals surface area contributed by atoms with E-state index < -0.39 is 0 Å². The molecule has 0 rings (SSSR count). The number of hydrogen-bond acceptors (Lipinski definition) is 0.